The Morgan fingerprint density at radius 3 is 2.71 bits per heavy atom. The van der Waals surface area contributed by atoms with Crippen LogP contribution in [0.5, 0.6) is 17.2 Å². The Bertz CT molecular complexity index is 1430. The summed E-state index contributed by atoms with van der Waals surface area (Å²) in [6.07, 6.45) is 1.86. The molecule has 180 valence electrons. The van der Waals surface area contributed by atoms with Gasteiger partial charge in [-0.25, -0.2) is 4.39 Å². The molecule has 0 spiro atoms. The summed E-state index contributed by atoms with van der Waals surface area (Å²) in [7, 11) is 3.37. The fourth-order valence-electron chi connectivity index (χ4n) is 5.56. The molecule has 1 unspecified atom stereocenters. The molecule has 0 bridgehead atoms. The summed E-state index contributed by atoms with van der Waals surface area (Å²) in [5.41, 5.74) is 7.79. The molecule has 5 nitrogen and oxygen atoms in total. The van der Waals surface area contributed by atoms with E-state index in [-0.39, 0.29) is 18.5 Å². The van der Waals surface area contributed by atoms with E-state index in [9.17, 15) is 4.39 Å². The van der Waals surface area contributed by atoms with E-state index in [0.717, 1.165) is 42.8 Å². The van der Waals surface area contributed by atoms with Crippen LogP contribution in [0.15, 0.2) is 48.5 Å². The molecule has 4 aromatic rings. The third kappa shape index (κ3) is 3.82. The molecule has 1 aromatic heterocycles. The minimum absolute atomic E-state index is 0.164. The first-order chi connectivity index (χ1) is 17.0. The molecule has 3 heterocycles. The fourth-order valence-corrected chi connectivity index (χ4v) is 5.56. The second-order valence-corrected chi connectivity index (χ2v) is 9.52. The van der Waals surface area contributed by atoms with E-state index in [4.69, 9.17) is 14.2 Å². The Balaban J connectivity index is 1.32. The summed E-state index contributed by atoms with van der Waals surface area (Å²) in [6.45, 7) is 3.92. The number of fused-ring (bicyclic) bond motifs is 6. The zero-order valence-corrected chi connectivity index (χ0v) is 20.3. The number of H-pyrrole nitrogens is 1. The van der Waals surface area contributed by atoms with Crippen LogP contribution in [-0.4, -0.2) is 30.6 Å². The quantitative estimate of drug-likeness (QED) is 0.395. The molecule has 0 radical (unpaired) electrons. The first-order valence-electron chi connectivity index (χ1n) is 12.0. The fraction of sp³-hybridized carbons (Fsp3) is 0.310. The predicted octanol–water partition coefficient (Wildman–Crippen LogP) is 5.87. The topological polar surface area (TPSA) is 46.7 Å². The second kappa shape index (κ2) is 8.61. The van der Waals surface area contributed by atoms with Crippen molar-refractivity contribution in [2.24, 2.45) is 0 Å². The zero-order chi connectivity index (χ0) is 24.1. The smallest absolute Gasteiger partial charge is 0.161 e. The number of aromatic nitrogens is 1. The van der Waals surface area contributed by atoms with Gasteiger partial charge in [-0.05, 0) is 78.4 Å². The van der Waals surface area contributed by atoms with Gasteiger partial charge >= 0.3 is 0 Å². The van der Waals surface area contributed by atoms with Crippen molar-refractivity contribution in [1.82, 2.24) is 9.88 Å². The molecule has 2 aliphatic rings. The summed E-state index contributed by atoms with van der Waals surface area (Å²) in [5.74, 6) is 1.97. The van der Waals surface area contributed by atoms with Gasteiger partial charge in [-0.15, -0.1) is 0 Å². The molecule has 0 fully saturated rings. The predicted molar refractivity (Wildman–Crippen MR) is 134 cm³/mol. The molecule has 6 rings (SSSR count). The van der Waals surface area contributed by atoms with E-state index in [2.05, 4.69) is 34.1 Å². The van der Waals surface area contributed by atoms with E-state index in [1.807, 2.05) is 19.1 Å². The minimum Gasteiger partial charge on any atom is -0.497 e. The van der Waals surface area contributed by atoms with Gasteiger partial charge < -0.3 is 19.2 Å². The lowest BCUT2D eigenvalue weighted by molar-refractivity contribution is 0.158. The van der Waals surface area contributed by atoms with Crippen molar-refractivity contribution in [3.8, 4) is 17.2 Å². The molecular formula is C29H29FN2O3. The van der Waals surface area contributed by atoms with Crippen LogP contribution in [0.25, 0.3) is 10.9 Å². The maximum absolute atomic E-state index is 14.3. The molecule has 1 atom stereocenters. The molecule has 0 amide bonds. The molecule has 0 saturated carbocycles. The molecule has 35 heavy (non-hydrogen) atoms. The number of hydrogen-bond acceptors (Lipinski definition) is 4. The molecule has 0 saturated heterocycles. The second-order valence-electron chi connectivity index (χ2n) is 9.52. The van der Waals surface area contributed by atoms with Crippen molar-refractivity contribution in [2.75, 3.05) is 20.8 Å². The lowest BCUT2D eigenvalue weighted by Crippen LogP contribution is -2.39. The van der Waals surface area contributed by atoms with Crippen molar-refractivity contribution in [3.05, 3.63) is 87.9 Å². The highest BCUT2D eigenvalue weighted by Crippen LogP contribution is 2.44. The van der Waals surface area contributed by atoms with Crippen LogP contribution in [0.3, 0.4) is 0 Å². The van der Waals surface area contributed by atoms with Gasteiger partial charge in [-0.2, -0.15) is 0 Å². The average Bonchev–Trinajstić information content (AvgIpc) is 3.22. The third-order valence-electron chi connectivity index (χ3n) is 7.45. The summed E-state index contributed by atoms with van der Waals surface area (Å²) in [4.78, 5) is 6.16. The van der Waals surface area contributed by atoms with Crippen molar-refractivity contribution < 1.29 is 18.6 Å². The summed E-state index contributed by atoms with van der Waals surface area (Å²) >= 11 is 0. The van der Waals surface area contributed by atoms with Gasteiger partial charge in [0.2, 0.25) is 0 Å². The first-order valence-corrected chi connectivity index (χ1v) is 12.0. The Morgan fingerprint density at radius 1 is 1.03 bits per heavy atom. The maximum atomic E-state index is 14.3. The molecule has 2 aliphatic heterocycles. The van der Waals surface area contributed by atoms with Crippen molar-refractivity contribution in [2.45, 2.75) is 39.0 Å². The number of methoxy groups -OCH3 is 2. The van der Waals surface area contributed by atoms with Crippen LogP contribution >= 0.6 is 0 Å². The number of benzene rings is 3. The third-order valence-corrected chi connectivity index (χ3v) is 7.45. The van der Waals surface area contributed by atoms with Crippen LogP contribution in [0, 0.1) is 12.7 Å². The van der Waals surface area contributed by atoms with E-state index in [0.29, 0.717) is 17.1 Å². The molecule has 3 aromatic carbocycles. The highest BCUT2D eigenvalue weighted by Gasteiger charge is 2.34. The van der Waals surface area contributed by atoms with Crippen LogP contribution in [-0.2, 0) is 26.0 Å². The first kappa shape index (κ1) is 22.0. The number of nitrogens with one attached hydrogen (secondary N) is 1. The molecule has 6 heteroatoms. The largest absolute Gasteiger partial charge is 0.497 e. The summed E-state index contributed by atoms with van der Waals surface area (Å²) in [6, 6.07) is 15.9. The number of rotatable bonds is 5. The normalized spacial score (nSPS) is 17.0. The lowest BCUT2D eigenvalue weighted by atomic mass is 9.85. The number of hydrogen-bond donors (Lipinski definition) is 1. The number of ether oxygens (including phenoxy) is 3. The van der Waals surface area contributed by atoms with Crippen LogP contribution < -0.4 is 14.2 Å². The van der Waals surface area contributed by atoms with E-state index in [1.165, 1.54) is 33.8 Å². The highest BCUT2D eigenvalue weighted by atomic mass is 19.1. The van der Waals surface area contributed by atoms with Gasteiger partial charge in [0.25, 0.3) is 0 Å². The van der Waals surface area contributed by atoms with Gasteiger partial charge in [-0.1, -0.05) is 12.1 Å². The Labute approximate surface area is 204 Å². The van der Waals surface area contributed by atoms with Crippen LogP contribution in [0.4, 0.5) is 4.39 Å². The summed E-state index contributed by atoms with van der Waals surface area (Å²) in [5, 5.41) is 1.23. The Morgan fingerprint density at radius 2 is 1.91 bits per heavy atom. The van der Waals surface area contributed by atoms with Crippen molar-refractivity contribution in [3.63, 3.8) is 0 Å². The minimum atomic E-state index is -0.245. The van der Waals surface area contributed by atoms with Crippen LogP contribution in [0.2, 0.25) is 0 Å². The van der Waals surface area contributed by atoms with Crippen molar-refractivity contribution in [1.29, 1.82) is 0 Å². The van der Waals surface area contributed by atoms with Crippen LogP contribution in [0.1, 0.15) is 39.6 Å². The average molecular weight is 473 g/mol. The Hall–Kier alpha value is -3.51. The van der Waals surface area contributed by atoms with E-state index < -0.39 is 0 Å². The number of aromatic amines is 1. The van der Waals surface area contributed by atoms with Gasteiger partial charge in [-0.3, -0.25) is 4.90 Å². The molecular weight excluding hydrogens is 443 g/mol. The van der Waals surface area contributed by atoms with Gasteiger partial charge in [0.15, 0.2) is 11.5 Å². The summed E-state index contributed by atoms with van der Waals surface area (Å²) < 4.78 is 31.6. The number of halogens is 1. The van der Waals surface area contributed by atoms with Crippen molar-refractivity contribution >= 4 is 10.9 Å². The highest BCUT2D eigenvalue weighted by molar-refractivity contribution is 5.86. The lowest BCUT2D eigenvalue weighted by Gasteiger charge is -2.40. The molecule has 1 N–H and O–H groups in total. The van der Waals surface area contributed by atoms with Gasteiger partial charge in [0, 0.05) is 41.3 Å². The number of aryl methyl sites for hydroxylation is 1. The van der Waals surface area contributed by atoms with E-state index in [1.54, 1.807) is 20.3 Å². The number of nitrogens with zero attached hydrogens (tertiary/aromatic N) is 1. The molecule has 0 aliphatic carbocycles. The zero-order valence-electron chi connectivity index (χ0n) is 20.3. The van der Waals surface area contributed by atoms with Gasteiger partial charge in [0.05, 0.1) is 14.2 Å². The van der Waals surface area contributed by atoms with E-state index >= 15 is 0 Å². The Kier molecular flexibility index (Phi) is 5.41. The monoisotopic (exact) mass is 472 g/mol. The SMILES string of the molecule is COc1ccc2[nH]c3c(c2c1)CC1c2cc(OC)c(OCc4ccc(C)cc4F)cc2CCN1C3. The van der Waals surface area contributed by atoms with Gasteiger partial charge in [0.1, 0.15) is 18.2 Å². The standard InChI is InChI=1S/C29H29FN2O3/c1-17-4-5-19(24(30)10-17)16-35-29-11-18-8-9-32-15-26-23(13-27(32)21(18)14-28(29)34-3)22-12-20(33-2)6-7-25(22)31-26/h4-7,10-12,14,27,31H,8-9,13,15-16H2,1-3H3. The maximum Gasteiger partial charge on any atom is 0.161 e.